The maximum atomic E-state index is 8.78. The van der Waals surface area contributed by atoms with Crippen LogP contribution in [0.25, 0.3) is 0 Å². The third kappa shape index (κ3) is 3.76. The summed E-state index contributed by atoms with van der Waals surface area (Å²) in [7, 11) is 0. The zero-order valence-electron chi connectivity index (χ0n) is 13.2. The molecular weight excluding hydrogens is 290 g/mol. The van der Waals surface area contributed by atoms with E-state index in [1.807, 2.05) is 12.1 Å². The molecule has 3 rings (SSSR count). The molecule has 0 amide bonds. The summed E-state index contributed by atoms with van der Waals surface area (Å²) in [6.07, 6.45) is 3.75. The Labute approximate surface area is 135 Å². The summed E-state index contributed by atoms with van der Waals surface area (Å²) >= 11 is 0. The number of nitriles is 1. The van der Waals surface area contributed by atoms with Crippen LogP contribution in [0.1, 0.15) is 19.4 Å². The molecule has 0 radical (unpaired) electrons. The van der Waals surface area contributed by atoms with Gasteiger partial charge in [0.25, 0.3) is 0 Å². The number of hydrogen-bond acceptors (Lipinski definition) is 6. The number of hydrogen-bond donors (Lipinski definition) is 1. The van der Waals surface area contributed by atoms with Gasteiger partial charge in [-0.15, -0.1) is 0 Å². The molecule has 2 aromatic heterocycles. The number of morpholine rings is 1. The first kappa shape index (κ1) is 15.3. The average molecular weight is 309 g/mol. The van der Waals surface area contributed by atoms with Gasteiger partial charge in [-0.05, 0) is 38.1 Å². The highest BCUT2D eigenvalue weighted by atomic mass is 16.5. The van der Waals surface area contributed by atoms with Crippen molar-refractivity contribution in [2.75, 3.05) is 23.3 Å². The van der Waals surface area contributed by atoms with E-state index in [4.69, 9.17) is 10.00 Å². The number of pyridine rings is 2. The van der Waals surface area contributed by atoms with Gasteiger partial charge in [-0.3, -0.25) is 0 Å². The van der Waals surface area contributed by atoms with Crippen LogP contribution in [0.5, 0.6) is 0 Å². The van der Waals surface area contributed by atoms with Gasteiger partial charge in [0.15, 0.2) is 0 Å². The van der Waals surface area contributed by atoms with E-state index in [9.17, 15) is 0 Å². The molecule has 6 nitrogen and oxygen atoms in total. The molecule has 3 heterocycles. The number of rotatable bonds is 3. The van der Waals surface area contributed by atoms with Gasteiger partial charge >= 0.3 is 0 Å². The van der Waals surface area contributed by atoms with Crippen molar-refractivity contribution in [2.24, 2.45) is 0 Å². The van der Waals surface area contributed by atoms with E-state index < -0.39 is 0 Å². The van der Waals surface area contributed by atoms with Crippen LogP contribution in [-0.2, 0) is 4.74 Å². The Morgan fingerprint density at radius 1 is 1.13 bits per heavy atom. The van der Waals surface area contributed by atoms with E-state index in [1.165, 1.54) is 0 Å². The van der Waals surface area contributed by atoms with Gasteiger partial charge in [-0.1, -0.05) is 0 Å². The van der Waals surface area contributed by atoms with Gasteiger partial charge in [-0.25, -0.2) is 9.97 Å². The van der Waals surface area contributed by atoms with E-state index in [0.717, 1.165) is 24.6 Å². The highest BCUT2D eigenvalue weighted by Gasteiger charge is 2.22. The Balaban J connectivity index is 1.68. The van der Waals surface area contributed by atoms with E-state index in [0.29, 0.717) is 11.4 Å². The van der Waals surface area contributed by atoms with E-state index in [-0.39, 0.29) is 12.2 Å². The first-order valence-corrected chi connectivity index (χ1v) is 7.63. The summed E-state index contributed by atoms with van der Waals surface area (Å²) in [5.74, 6) is 1.64. The first-order valence-electron chi connectivity index (χ1n) is 7.63. The second-order valence-electron chi connectivity index (χ2n) is 5.74. The van der Waals surface area contributed by atoms with Crippen molar-refractivity contribution in [3.63, 3.8) is 0 Å². The maximum Gasteiger partial charge on any atom is 0.130 e. The first-order chi connectivity index (χ1) is 11.1. The molecule has 118 valence electrons. The monoisotopic (exact) mass is 309 g/mol. The minimum absolute atomic E-state index is 0.209. The summed E-state index contributed by atoms with van der Waals surface area (Å²) < 4.78 is 5.75. The van der Waals surface area contributed by atoms with Crippen molar-refractivity contribution in [1.29, 1.82) is 5.26 Å². The zero-order chi connectivity index (χ0) is 16.2. The molecule has 1 N–H and O–H groups in total. The summed E-state index contributed by atoms with van der Waals surface area (Å²) in [6.45, 7) is 5.85. The number of aromatic nitrogens is 2. The van der Waals surface area contributed by atoms with Crippen molar-refractivity contribution in [3.8, 4) is 6.07 Å². The van der Waals surface area contributed by atoms with Crippen LogP contribution in [0.4, 0.5) is 17.3 Å². The molecule has 0 spiro atoms. The largest absolute Gasteiger partial charge is 0.372 e. The summed E-state index contributed by atoms with van der Waals surface area (Å²) in [6, 6.07) is 9.53. The number of nitrogens with zero attached hydrogens (tertiary/aromatic N) is 4. The van der Waals surface area contributed by atoms with Gasteiger partial charge < -0.3 is 15.0 Å². The molecule has 2 atom stereocenters. The molecule has 23 heavy (non-hydrogen) atoms. The fourth-order valence-corrected chi connectivity index (χ4v) is 2.69. The van der Waals surface area contributed by atoms with Gasteiger partial charge in [0.1, 0.15) is 17.7 Å². The molecule has 1 aliphatic heterocycles. The smallest absolute Gasteiger partial charge is 0.130 e. The second kappa shape index (κ2) is 6.63. The molecule has 2 aromatic rings. The molecule has 0 aliphatic carbocycles. The van der Waals surface area contributed by atoms with Gasteiger partial charge in [0.2, 0.25) is 0 Å². The standard InChI is InChI=1S/C17H19N5O/c1-12-10-22(11-13(2)23-12)17-6-4-15(9-20-17)21-16-5-3-14(7-18)8-19-16/h3-6,8-9,12-13H,10-11H2,1-2H3,(H,19,21). The third-order valence-electron chi connectivity index (χ3n) is 3.66. The summed E-state index contributed by atoms with van der Waals surface area (Å²) in [5.41, 5.74) is 1.40. The van der Waals surface area contributed by atoms with Gasteiger partial charge in [-0.2, -0.15) is 5.26 Å². The highest BCUT2D eigenvalue weighted by Crippen LogP contribution is 2.21. The Hall–Kier alpha value is -2.65. The van der Waals surface area contributed by atoms with Crippen LogP contribution >= 0.6 is 0 Å². The Bertz CT molecular complexity index is 682. The van der Waals surface area contributed by atoms with E-state index in [1.54, 1.807) is 24.5 Å². The van der Waals surface area contributed by atoms with Crippen LogP contribution < -0.4 is 10.2 Å². The SMILES string of the molecule is CC1CN(c2ccc(Nc3ccc(C#N)cn3)cn2)CC(C)O1. The quantitative estimate of drug-likeness (QED) is 0.939. The molecule has 2 unspecified atom stereocenters. The van der Waals surface area contributed by atoms with Crippen molar-refractivity contribution < 1.29 is 4.74 Å². The minimum Gasteiger partial charge on any atom is -0.372 e. The molecule has 0 bridgehead atoms. The predicted octanol–water partition coefficient (Wildman–Crippen LogP) is 2.71. The number of anilines is 3. The van der Waals surface area contributed by atoms with Gasteiger partial charge in [0.05, 0.1) is 29.7 Å². The van der Waals surface area contributed by atoms with Crippen LogP contribution in [0.15, 0.2) is 36.7 Å². The molecule has 0 aromatic carbocycles. The third-order valence-corrected chi connectivity index (χ3v) is 3.66. The Kier molecular flexibility index (Phi) is 4.40. The van der Waals surface area contributed by atoms with Crippen LogP contribution in [0.2, 0.25) is 0 Å². The van der Waals surface area contributed by atoms with Crippen molar-refractivity contribution in [3.05, 3.63) is 42.2 Å². The topological polar surface area (TPSA) is 74.1 Å². The lowest BCUT2D eigenvalue weighted by Crippen LogP contribution is -2.45. The number of ether oxygens (including phenoxy) is 1. The Morgan fingerprint density at radius 2 is 1.91 bits per heavy atom. The normalized spacial score (nSPS) is 20.8. The average Bonchev–Trinajstić information content (AvgIpc) is 2.55. The molecule has 1 saturated heterocycles. The fraction of sp³-hybridized carbons (Fsp3) is 0.353. The summed E-state index contributed by atoms with van der Waals surface area (Å²) in [4.78, 5) is 11.0. The lowest BCUT2D eigenvalue weighted by atomic mass is 10.2. The van der Waals surface area contributed by atoms with E-state index in [2.05, 4.69) is 40.1 Å². The van der Waals surface area contributed by atoms with Crippen molar-refractivity contribution in [2.45, 2.75) is 26.1 Å². The lowest BCUT2D eigenvalue weighted by molar-refractivity contribution is -0.00545. The van der Waals surface area contributed by atoms with Crippen molar-refractivity contribution in [1.82, 2.24) is 9.97 Å². The lowest BCUT2D eigenvalue weighted by Gasteiger charge is -2.36. The van der Waals surface area contributed by atoms with Crippen LogP contribution in [-0.4, -0.2) is 35.3 Å². The van der Waals surface area contributed by atoms with Crippen LogP contribution in [0.3, 0.4) is 0 Å². The maximum absolute atomic E-state index is 8.78. The minimum atomic E-state index is 0.209. The predicted molar refractivity (Wildman–Crippen MR) is 88.7 cm³/mol. The van der Waals surface area contributed by atoms with Crippen LogP contribution in [0, 0.1) is 11.3 Å². The molecule has 6 heteroatoms. The van der Waals surface area contributed by atoms with E-state index >= 15 is 0 Å². The van der Waals surface area contributed by atoms with Crippen molar-refractivity contribution >= 4 is 17.3 Å². The zero-order valence-corrected chi connectivity index (χ0v) is 13.2. The summed E-state index contributed by atoms with van der Waals surface area (Å²) in [5, 5.41) is 12.0. The molecule has 0 saturated carbocycles. The molecular formula is C17H19N5O. The Morgan fingerprint density at radius 3 is 2.48 bits per heavy atom. The second-order valence-corrected chi connectivity index (χ2v) is 5.74. The molecule has 1 fully saturated rings. The highest BCUT2D eigenvalue weighted by molar-refractivity contribution is 5.57. The fourth-order valence-electron chi connectivity index (χ4n) is 2.69. The molecule has 1 aliphatic rings. The van der Waals surface area contributed by atoms with Gasteiger partial charge in [0, 0.05) is 19.3 Å². The number of nitrogens with one attached hydrogen (secondary N) is 1.